The van der Waals surface area contributed by atoms with E-state index in [0.29, 0.717) is 40.6 Å². The monoisotopic (exact) mass is 798 g/mol. The summed E-state index contributed by atoms with van der Waals surface area (Å²) < 4.78 is 43.8. The summed E-state index contributed by atoms with van der Waals surface area (Å²) in [4.78, 5) is 48.3. The van der Waals surface area contributed by atoms with Crippen LogP contribution in [0.15, 0.2) is 73.3 Å². The van der Waals surface area contributed by atoms with E-state index in [0.717, 1.165) is 16.7 Å². The van der Waals surface area contributed by atoms with Gasteiger partial charge < -0.3 is 53.7 Å². The summed E-state index contributed by atoms with van der Waals surface area (Å²) in [6, 6.07) is 15.5. The number of aryl methyl sites for hydroxylation is 1. The number of carbonyl (C=O) groups is 3. The number of nitrogens with zero attached hydrogens (tertiary/aromatic N) is 5. The lowest BCUT2D eigenvalue weighted by Crippen LogP contribution is -2.46. The van der Waals surface area contributed by atoms with Crippen molar-refractivity contribution in [1.29, 1.82) is 0 Å². The van der Waals surface area contributed by atoms with E-state index in [1.165, 1.54) is 13.4 Å². The number of fused-ring (bicyclic) bond motifs is 2. The average molecular weight is 799 g/mol. The van der Waals surface area contributed by atoms with Gasteiger partial charge in [0, 0.05) is 49.7 Å². The van der Waals surface area contributed by atoms with Gasteiger partial charge in [0.15, 0.2) is 18.1 Å². The molecule has 0 radical (unpaired) electrons. The van der Waals surface area contributed by atoms with Crippen molar-refractivity contribution < 1.29 is 47.5 Å². The predicted molar refractivity (Wildman–Crippen MR) is 208 cm³/mol. The highest BCUT2D eigenvalue weighted by molar-refractivity contribution is 6.00. The number of hydrogen-bond donors (Lipinski definition) is 3. The molecule has 2 amide bonds. The topological polar surface area (TPSA) is 200 Å². The van der Waals surface area contributed by atoms with Crippen LogP contribution < -0.4 is 25.4 Å². The Labute approximate surface area is 334 Å². The van der Waals surface area contributed by atoms with Gasteiger partial charge in [-0.25, -0.2) is 19.6 Å². The zero-order chi connectivity index (χ0) is 41.0. The first-order chi connectivity index (χ1) is 28.0. The van der Waals surface area contributed by atoms with Crippen LogP contribution in [0.5, 0.6) is 11.5 Å². The third-order valence-corrected chi connectivity index (χ3v) is 9.82. The van der Waals surface area contributed by atoms with Crippen LogP contribution in [-0.2, 0) is 53.5 Å². The normalized spacial score (nSPS) is 19.9. The largest absolute Gasteiger partial charge is 0.497 e. The number of ether oxygens (including phenoxy) is 7. The summed E-state index contributed by atoms with van der Waals surface area (Å²) in [5.41, 5.74) is 3.54. The second-order valence-corrected chi connectivity index (χ2v) is 14.2. The lowest BCUT2D eigenvalue weighted by atomic mass is 10.1. The summed E-state index contributed by atoms with van der Waals surface area (Å²) >= 11 is 0. The molecule has 0 aliphatic carbocycles. The van der Waals surface area contributed by atoms with Crippen LogP contribution in [0, 0.1) is 0 Å². The van der Waals surface area contributed by atoms with Crippen LogP contribution in [0.4, 0.5) is 10.6 Å². The van der Waals surface area contributed by atoms with Gasteiger partial charge in [0.1, 0.15) is 54.1 Å². The third-order valence-electron chi connectivity index (χ3n) is 9.82. The Morgan fingerprint density at radius 2 is 1.78 bits per heavy atom. The molecule has 18 nitrogen and oxygen atoms in total. The number of aromatic nitrogens is 5. The van der Waals surface area contributed by atoms with E-state index in [-0.39, 0.29) is 19.6 Å². The summed E-state index contributed by atoms with van der Waals surface area (Å²) in [6.45, 7) is 3.91. The number of methoxy groups -OCH3 is 3. The number of esters is 1. The zero-order valence-electron chi connectivity index (χ0n) is 33.0. The van der Waals surface area contributed by atoms with E-state index in [9.17, 15) is 14.4 Å². The molecule has 2 saturated heterocycles. The lowest BCUT2D eigenvalue weighted by Gasteiger charge is -2.25. The Balaban J connectivity index is 1.11. The summed E-state index contributed by atoms with van der Waals surface area (Å²) in [5, 5.41) is 14.1. The number of nitrogens with one attached hydrogen (secondary N) is 3. The second kappa shape index (κ2) is 17.1. The fourth-order valence-corrected chi connectivity index (χ4v) is 7.09. The lowest BCUT2D eigenvalue weighted by molar-refractivity contribution is -0.197. The number of amides is 2. The maximum absolute atomic E-state index is 13.9. The first-order valence-electron chi connectivity index (χ1n) is 18.6. The molecule has 2 aliphatic rings. The van der Waals surface area contributed by atoms with E-state index in [2.05, 4.69) is 31.0 Å². The molecule has 0 bridgehead atoms. The molecular formula is C40H46N8O10. The highest BCUT2D eigenvalue weighted by Crippen LogP contribution is 2.46. The van der Waals surface area contributed by atoms with Crippen molar-refractivity contribution in [3.8, 4) is 22.8 Å². The average Bonchev–Trinajstić information content (AvgIpc) is 4.00. The van der Waals surface area contributed by atoms with Crippen molar-refractivity contribution in [3.63, 3.8) is 0 Å². The molecule has 5 aromatic rings. The molecule has 3 N–H and O–H groups in total. The van der Waals surface area contributed by atoms with Crippen LogP contribution in [-0.4, -0.2) is 100 Å². The van der Waals surface area contributed by atoms with E-state index < -0.39 is 54.3 Å². The highest BCUT2D eigenvalue weighted by atomic mass is 16.8. The number of hydrogen-bond acceptors (Lipinski definition) is 14. The molecule has 2 fully saturated rings. The van der Waals surface area contributed by atoms with Gasteiger partial charge >= 0.3 is 12.1 Å². The Hall–Kier alpha value is -6.24. The first-order valence-corrected chi connectivity index (χ1v) is 18.6. The molecule has 58 heavy (non-hydrogen) atoms. The van der Waals surface area contributed by atoms with Gasteiger partial charge in [-0.15, -0.1) is 0 Å². The Morgan fingerprint density at radius 3 is 2.50 bits per heavy atom. The molecule has 7 rings (SSSR count). The van der Waals surface area contributed by atoms with Gasteiger partial charge in [-0.05, 0) is 44.0 Å². The molecule has 2 aliphatic heterocycles. The number of carbonyl (C=O) groups excluding carboxylic acids is 3. The molecule has 3 aromatic heterocycles. The van der Waals surface area contributed by atoms with Crippen molar-refractivity contribution >= 4 is 34.8 Å². The van der Waals surface area contributed by atoms with Crippen LogP contribution in [0.2, 0.25) is 0 Å². The number of anilines is 1. The predicted octanol–water partition coefficient (Wildman–Crippen LogP) is 3.85. The Bertz CT molecular complexity index is 2260. The van der Waals surface area contributed by atoms with Crippen LogP contribution in [0.1, 0.15) is 37.6 Å². The fraction of sp³-hybridized carbons (Fsp3) is 0.400. The van der Waals surface area contributed by atoms with Crippen molar-refractivity contribution in [3.05, 3.63) is 84.4 Å². The Morgan fingerprint density at radius 1 is 0.983 bits per heavy atom. The highest BCUT2D eigenvalue weighted by Gasteiger charge is 2.58. The van der Waals surface area contributed by atoms with Crippen molar-refractivity contribution in [2.75, 3.05) is 33.2 Å². The molecule has 5 heterocycles. The standard InChI is InChI=1S/C40H46N8O10/c1-40(2)57-31-32(36(49)41-16-14-28(38(50)54-6)45-39(51)55-21-23-10-8-7-9-11-23)56-37(33(31)58-40)48-20-26(27-15-17-47(3)46-27)30-34(43-22-44-35(30)48)42-19-24-12-13-25(52-4)18-29(24)53-5/h7-13,15,17-18,20,22,28,31-33,37H,14,16,19,21H2,1-6H3,(H,41,49)(H,45,51)(H,42,43,44)/t28-,31+,32-,33+,37+/m0/s1. The smallest absolute Gasteiger partial charge is 0.408 e. The second-order valence-electron chi connectivity index (χ2n) is 14.2. The van der Waals surface area contributed by atoms with Gasteiger partial charge in [-0.1, -0.05) is 30.3 Å². The van der Waals surface area contributed by atoms with Crippen molar-refractivity contribution in [2.24, 2.45) is 7.05 Å². The molecular weight excluding hydrogens is 752 g/mol. The SMILES string of the molecule is COC(=O)[C@H](CCNC(=O)[C@H]1O[C@@H](n2cc(-c3ccn(C)n3)c3c(NCc4ccc(OC)cc4OC)ncnc32)[C@@H]2OC(C)(C)O[C@@H]21)NC(=O)OCc1ccccc1. The van der Waals surface area contributed by atoms with E-state index >= 15 is 0 Å². The number of benzene rings is 2. The number of alkyl carbamates (subject to hydrolysis) is 1. The fourth-order valence-electron chi connectivity index (χ4n) is 7.09. The quantitative estimate of drug-likeness (QED) is 0.129. The minimum atomic E-state index is -1.12. The maximum atomic E-state index is 13.9. The number of rotatable bonds is 15. The minimum absolute atomic E-state index is 0.0106. The summed E-state index contributed by atoms with van der Waals surface area (Å²) in [6.07, 6.45) is 0.843. The van der Waals surface area contributed by atoms with Gasteiger partial charge in [-0.2, -0.15) is 5.10 Å². The zero-order valence-corrected chi connectivity index (χ0v) is 33.0. The molecule has 18 heteroatoms. The molecule has 2 aromatic carbocycles. The van der Waals surface area contributed by atoms with Crippen molar-refractivity contribution in [2.45, 2.75) is 69.8 Å². The first kappa shape index (κ1) is 40.0. The Kier molecular flexibility index (Phi) is 11.8. The van der Waals surface area contributed by atoms with Crippen LogP contribution in [0.3, 0.4) is 0 Å². The molecule has 0 spiro atoms. The van der Waals surface area contributed by atoms with Gasteiger partial charge in [0.2, 0.25) is 0 Å². The van der Waals surface area contributed by atoms with Crippen molar-refractivity contribution in [1.82, 2.24) is 34.9 Å². The molecule has 5 atom stereocenters. The van der Waals surface area contributed by atoms with Crippen LogP contribution >= 0.6 is 0 Å². The third kappa shape index (κ3) is 8.53. The van der Waals surface area contributed by atoms with E-state index in [1.54, 1.807) is 32.7 Å². The maximum Gasteiger partial charge on any atom is 0.408 e. The van der Waals surface area contributed by atoms with Gasteiger partial charge in [-0.3, -0.25) is 9.48 Å². The molecule has 0 unspecified atom stereocenters. The van der Waals surface area contributed by atoms with Crippen LogP contribution in [0.25, 0.3) is 22.3 Å². The summed E-state index contributed by atoms with van der Waals surface area (Å²) in [7, 11) is 6.24. The van der Waals surface area contributed by atoms with E-state index in [4.69, 9.17) is 33.2 Å². The van der Waals surface area contributed by atoms with E-state index in [1.807, 2.05) is 78.6 Å². The minimum Gasteiger partial charge on any atom is -0.497 e. The summed E-state index contributed by atoms with van der Waals surface area (Å²) in [5.74, 6) is -0.383. The van der Waals surface area contributed by atoms with Gasteiger partial charge in [0.25, 0.3) is 5.91 Å². The van der Waals surface area contributed by atoms with Gasteiger partial charge in [0.05, 0.1) is 32.4 Å². The molecule has 0 saturated carbocycles. The molecule has 306 valence electrons.